The van der Waals surface area contributed by atoms with E-state index in [4.69, 9.17) is 0 Å². The van der Waals surface area contributed by atoms with Crippen molar-refractivity contribution in [1.82, 2.24) is 0 Å². The standard InChI is InChI=1S/C9H7NO2.C6H5N3/c11-7-1-2-9-6(3-7)4-8(12)5-10-9;1-2-7-3-5-4-8-9-6(1)5/h1-2,4H,3,5H2;1-2,4H,3H2. The van der Waals surface area contributed by atoms with Gasteiger partial charge in [-0.1, -0.05) is 0 Å². The molecule has 0 spiro atoms. The molecule has 0 atom stereocenters. The topological polar surface area (TPSA) is 83.6 Å². The molecule has 0 aromatic carbocycles. The first-order chi connectivity index (χ1) is 10.2. The van der Waals surface area contributed by atoms with Crippen molar-refractivity contribution in [3.63, 3.8) is 0 Å². The first-order valence-electron chi connectivity index (χ1n) is 6.52. The summed E-state index contributed by atoms with van der Waals surface area (Å²) in [6.07, 6.45) is 10.4. The fraction of sp³-hybridized carbons (Fsp3) is 0.200. The van der Waals surface area contributed by atoms with Gasteiger partial charge in [0, 0.05) is 18.2 Å². The summed E-state index contributed by atoms with van der Waals surface area (Å²) in [6.45, 7) is 0.955. The van der Waals surface area contributed by atoms with E-state index in [2.05, 4.69) is 20.2 Å². The fourth-order valence-corrected chi connectivity index (χ4v) is 2.13. The first kappa shape index (κ1) is 13.2. The highest BCUT2D eigenvalue weighted by Crippen LogP contribution is 2.20. The Bertz CT molecular complexity index is 718. The van der Waals surface area contributed by atoms with Gasteiger partial charge in [-0.25, -0.2) is 0 Å². The maximum Gasteiger partial charge on any atom is 0.177 e. The third kappa shape index (κ3) is 3.05. The third-order valence-corrected chi connectivity index (χ3v) is 3.17. The largest absolute Gasteiger partial charge is 0.294 e. The number of rotatable bonds is 0. The summed E-state index contributed by atoms with van der Waals surface area (Å²) in [5.41, 5.74) is 3.63. The van der Waals surface area contributed by atoms with Crippen molar-refractivity contribution in [1.29, 1.82) is 0 Å². The number of dihydropyridines is 2. The molecule has 0 bridgehead atoms. The van der Waals surface area contributed by atoms with Crippen LogP contribution in [-0.4, -0.2) is 36.6 Å². The molecule has 3 aliphatic heterocycles. The van der Waals surface area contributed by atoms with Crippen LogP contribution in [0.15, 0.2) is 67.6 Å². The molecule has 1 aliphatic carbocycles. The lowest BCUT2D eigenvalue weighted by Gasteiger charge is -2.13. The smallest absolute Gasteiger partial charge is 0.177 e. The maximum absolute atomic E-state index is 10.9. The number of fused-ring (bicyclic) bond motifs is 2. The fourth-order valence-electron chi connectivity index (χ4n) is 2.13. The molecule has 0 fully saturated rings. The van der Waals surface area contributed by atoms with Gasteiger partial charge in [-0.05, 0) is 29.9 Å². The van der Waals surface area contributed by atoms with Gasteiger partial charge < -0.3 is 0 Å². The van der Waals surface area contributed by atoms with Gasteiger partial charge in [0.15, 0.2) is 11.6 Å². The van der Waals surface area contributed by atoms with Crippen LogP contribution in [0.4, 0.5) is 0 Å². The van der Waals surface area contributed by atoms with E-state index in [1.165, 1.54) is 12.2 Å². The zero-order chi connectivity index (χ0) is 14.7. The summed E-state index contributed by atoms with van der Waals surface area (Å²) in [7, 11) is 0. The van der Waals surface area contributed by atoms with Gasteiger partial charge in [0.05, 0.1) is 24.2 Å². The Labute approximate surface area is 121 Å². The van der Waals surface area contributed by atoms with Gasteiger partial charge in [-0.3, -0.25) is 19.6 Å². The van der Waals surface area contributed by atoms with Crippen LogP contribution in [0.2, 0.25) is 0 Å². The average Bonchev–Trinajstić information content (AvgIpc) is 2.96. The number of carbonyl (C=O) groups excluding carboxylic acids is 2. The lowest BCUT2D eigenvalue weighted by Crippen LogP contribution is -2.18. The van der Waals surface area contributed by atoms with E-state index < -0.39 is 0 Å². The number of hydrogen-bond donors (Lipinski definition) is 0. The van der Waals surface area contributed by atoms with Crippen LogP contribution >= 0.6 is 0 Å². The van der Waals surface area contributed by atoms with Gasteiger partial charge in [0.1, 0.15) is 6.54 Å². The second kappa shape index (κ2) is 5.70. The highest BCUT2D eigenvalue weighted by atomic mass is 16.1. The molecule has 0 aromatic heterocycles. The molecule has 4 rings (SSSR count). The van der Waals surface area contributed by atoms with E-state index >= 15 is 0 Å². The number of aliphatic imine (C=N–C) groups is 2. The molecule has 0 N–H and O–H groups in total. The SMILES string of the molecule is C1=NCC2=CN=NC2=C1.O=C1C=C2CC(=O)C=CC2=NC1. The molecule has 0 aromatic rings. The number of hydrogen-bond acceptors (Lipinski definition) is 6. The predicted octanol–water partition coefficient (Wildman–Crippen LogP) is 1.77. The van der Waals surface area contributed by atoms with Crippen molar-refractivity contribution in [3.05, 3.63) is 47.3 Å². The summed E-state index contributed by atoms with van der Waals surface area (Å²) in [4.78, 5) is 29.9. The van der Waals surface area contributed by atoms with Crippen LogP contribution in [0.25, 0.3) is 0 Å². The molecule has 6 heteroatoms. The van der Waals surface area contributed by atoms with Crippen LogP contribution in [0, 0.1) is 0 Å². The summed E-state index contributed by atoms with van der Waals surface area (Å²) in [6, 6.07) is 0. The lowest BCUT2D eigenvalue weighted by atomic mass is 9.95. The Morgan fingerprint density at radius 2 is 1.90 bits per heavy atom. The third-order valence-electron chi connectivity index (χ3n) is 3.17. The Hall–Kier alpha value is -2.76. The minimum absolute atomic E-state index is 0.0168. The van der Waals surface area contributed by atoms with Gasteiger partial charge in [0.2, 0.25) is 0 Å². The minimum atomic E-state index is -0.0168. The van der Waals surface area contributed by atoms with Gasteiger partial charge in [-0.2, -0.15) is 10.2 Å². The Morgan fingerprint density at radius 1 is 1.00 bits per heavy atom. The van der Waals surface area contributed by atoms with E-state index in [0.29, 0.717) is 6.42 Å². The van der Waals surface area contributed by atoms with Crippen LogP contribution < -0.4 is 0 Å². The quantitative estimate of drug-likeness (QED) is 0.677. The molecule has 0 radical (unpaired) electrons. The molecule has 0 saturated heterocycles. The van der Waals surface area contributed by atoms with Crippen molar-refractivity contribution < 1.29 is 9.59 Å². The second-order valence-corrected chi connectivity index (χ2v) is 4.73. The molecule has 3 heterocycles. The molecule has 0 unspecified atom stereocenters. The Morgan fingerprint density at radius 3 is 2.76 bits per heavy atom. The number of ketones is 2. The van der Waals surface area contributed by atoms with Crippen molar-refractivity contribution in [2.75, 3.05) is 13.1 Å². The van der Waals surface area contributed by atoms with Gasteiger partial charge >= 0.3 is 0 Å². The summed E-state index contributed by atoms with van der Waals surface area (Å²) in [5, 5.41) is 7.60. The van der Waals surface area contributed by atoms with Gasteiger partial charge in [0.25, 0.3) is 0 Å². The normalized spacial score (nSPS) is 21.5. The van der Waals surface area contributed by atoms with E-state index in [1.54, 1.807) is 18.5 Å². The van der Waals surface area contributed by atoms with Gasteiger partial charge in [-0.15, -0.1) is 0 Å². The van der Waals surface area contributed by atoms with E-state index in [9.17, 15) is 9.59 Å². The number of azo groups is 1. The summed E-state index contributed by atoms with van der Waals surface area (Å²) < 4.78 is 0. The summed E-state index contributed by atoms with van der Waals surface area (Å²) >= 11 is 0. The number of nitrogens with zero attached hydrogens (tertiary/aromatic N) is 4. The maximum atomic E-state index is 10.9. The minimum Gasteiger partial charge on any atom is -0.294 e. The molecule has 0 saturated carbocycles. The van der Waals surface area contributed by atoms with Crippen LogP contribution in [0.3, 0.4) is 0 Å². The molecule has 21 heavy (non-hydrogen) atoms. The molecule has 104 valence electrons. The molecule has 6 nitrogen and oxygen atoms in total. The highest BCUT2D eigenvalue weighted by molar-refractivity contribution is 6.21. The summed E-state index contributed by atoms with van der Waals surface area (Å²) in [5.74, 6) is 0.0201. The Balaban J connectivity index is 0.000000131. The number of carbonyl (C=O) groups is 2. The number of allylic oxidation sites excluding steroid dienone is 4. The van der Waals surface area contributed by atoms with Crippen molar-refractivity contribution >= 4 is 23.5 Å². The van der Waals surface area contributed by atoms with E-state index in [1.807, 2.05) is 6.08 Å². The monoisotopic (exact) mass is 280 g/mol. The first-order valence-corrected chi connectivity index (χ1v) is 6.52. The van der Waals surface area contributed by atoms with Crippen LogP contribution in [-0.2, 0) is 9.59 Å². The van der Waals surface area contributed by atoms with Crippen LogP contribution in [0.5, 0.6) is 0 Å². The molecule has 4 aliphatic rings. The Kier molecular flexibility index (Phi) is 3.59. The van der Waals surface area contributed by atoms with Crippen molar-refractivity contribution in [3.8, 4) is 0 Å². The molecule has 0 amide bonds. The van der Waals surface area contributed by atoms with E-state index in [-0.39, 0.29) is 18.1 Å². The van der Waals surface area contributed by atoms with E-state index in [0.717, 1.165) is 29.1 Å². The van der Waals surface area contributed by atoms with Crippen molar-refractivity contribution in [2.24, 2.45) is 20.2 Å². The zero-order valence-corrected chi connectivity index (χ0v) is 11.2. The molecular weight excluding hydrogens is 268 g/mol. The predicted molar refractivity (Wildman–Crippen MR) is 78.5 cm³/mol. The zero-order valence-electron chi connectivity index (χ0n) is 11.2. The average molecular weight is 280 g/mol. The second-order valence-electron chi connectivity index (χ2n) is 4.73. The lowest BCUT2D eigenvalue weighted by molar-refractivity contribution is -0.114. The van der Waals surface area contributed by atoms with Crippen molar-refractivity contribution in [2.45, 2.75) is 6.42 Å². The highest BCUT2D eigenvalue weighted by Gasteiger charge is 2.18. The molecular formula is C15H12N4O2. The van der Waals surface area contributed by atoms with Crippen LogP contribution in [0.1, 0.15) is 6.42 Å².